The van der Waals surface area contributed by atoms with Gasteiger partial charge in [0.15, 0.2) is 0 Å². The van der Waals surface area contributed by atoms with Crippen LogP contribution in [0.1, 0.15) is 27.2 Å². The van der Waals surface area contributed by atoms with Gasteiger partial charge in [-0.25, -0.2) is 4.79 Å². The Morgan fingerprint density at radius 1 is 1.37 bits per heavy atom. The summed E-state index contributed by atoms with van der Waals surface area (Å²) in [5.41, 5.74) is -0.618. The molecule has 1 heterocycles. The molecule has 0 aliphatic carbocycles. The highest BCUT2D eigenvalue weighted by Gasteiger charge is 2.32. The second kappa shape index (κ2) is 6.06. The van der Waals surface area contributed by atoms with Crippen molar-refractivity contribution in [3.8, 4) is 0 Å². The largest absolute Gasteiger partial charge is 0.444 e. The fourth-order valence-corrected chi connectivity index (χ4v) is 2.33. The Bertz CT molecular complexity index is 413. The Morgan fingerprint density at radius 2 is 2.00 bits per heavy atom. The number of carbonyl (C=O) groups is 1. The van der Waals surface area contributed by atoms with Crippen LogP contribution in [0.5, 0.6) is 0 Å². The van der Waals surface area contributed by atoms with E-state index in [2.05, 4.69) is 5.32 Å². The van der Waals surface area contributed by atoms with Gasteiger partial charge in [0, 0.05) is 13.0 Å². The van der Waals surface area contributed by atoms with Crippen molar-refractivity contribution in [1.29, 1.82) is 0 Å². The minimum Gasteiger partial charge on any atom is -0.444 e. The highest BCUT2D eigenvalue weighted by atomic mass is 32.2. The van der Waals surface area contributed by atoms with Crippen LogP contribution in [0.2, 0.25) is 0 Å². The van der Waals surface area contributed by atoms with Crippen LogP contribution < -0.4 is 5.32 Å². The molecule has 0 spiro atoms. The summed E-state index contributed by atoms with van der Waals surface area (Å²) < 4.78 is 37.6. The quantitative estimate of drug-likeness (QED) is 0.769. The maximum Gasteiger partial charge on any atom is 0.408 e. The van der Waals surface area contributed by atoms with Gasteiger partial charge in [0.1, 0.15) is 11.7 Å². The van der Waals surface area contributed by atoms with Crippen LogP contribution in [0, 0.1) is 0 Å². The average molecular weight is 295 g/mol. The maximum absolute atomic E-state index is 11.6. The lowest BCUT2D eigenvalue weighted by Gasteiger charge is -2.31. The molecule has 1 N–H and O–H groups in total. The summed E-state index contributed by atoms with van der Waals surface area (Å²) in [7, 11) is -3.58. The Balaban J connectivity index is 2.60. The van der Waals surface area contributed by atoms with Gasteiger partial charge in [-0.1, -0.05) is 0 Å². The molecule has 1 amide bonds. The molecule has 1 saturated heterocycles. The SMILES string of the molecule is CC(C)(C)OC(=O)NC1COCC[C@@H]1OS(C)(=O)=O. The summed E-state index contributed by atoms with van der Waals surface area (Å²) in [6.07, 6.45) is 0.127. The molecule has 0 bridgehead atoms. The number of alkyl carbamates (subject to hydrolysis) is 1. The minimum atomic E-state index is -3.58. The zero-order valence-electron chi connectivity index (χ0n) is 11.6. The van der Waals surface area contributed by atoms with Gasteiger partial charge in [0.2, 0.25) is 0 Å². The van der Waals surface area contributed by atoms with Crippen LogP contribution in [0.4, 0.5) is 4.79 Å². The molecule has 1 rings (SSSR count). The van der Waals surface area contributed by atoms with E-state index in [-0.39, 0.29) is 6.61 Å². The number of hydrogen-bond donors (Lipinski definition) is 1. The summed E-state index contributed by atoms with van der Waals surface area (Å²) in [6, 6.07) is -0.543. The van der Waals surface area contributed by atoms with Gasteiger partial charge in [-0.05, 0) is 20.8 Å². The Morgan fingerprint density at radius 3 is 2.53 bits per heavy atom. The predicted octanol–water partition coefficient (Wildman–Crippen LogP) is 0.645. The lowest BCUT2D eigenvalue weighted by molar-refractivity contribution is -0.00894. The van der Waals surface area contributed by atoms with Crippen molar-refractivity contribution in [2.45, 2.75) is 44.9 Å². The van der Waals surface area contributed by atoms with E-state index in [1.54, 1.807) is 20.8 Å². The summed E-state index contributed by atoms with van der Waals surface area (Å²) in [5, 5.41) is 2.57. The Labute approximate surface area is 113 Å². The van der Waals surface area contributed by atoms with Crippen LogP contribution in [-0.4, -0.2) is 51.7 Å². The molecule has 1 unspecified atom stereocenters. The van der Waals surface area contributed by atoms with E-state index in [0.29, 0.717) is 13.0 Å². The summed E-state index contributed by atoms with van der Waals surface area (Å²) in [6.45, 7) is 5.82. The lowest BCUT2D eigenvalue weighted by atomic mass is 10.1. The molecule has 1 aliphatic heterocycles. The van der Waals surface area contributed by atoms with E-state index in [4.69, 9.17) is 13.7 Å². The fourth-order valence-electron chi connectivity index (χ4n) is 1.65. The molecule has 0 aromatic carbocycles. The first-order chi connectivity index (χ1) is 8.57. The molecule has 0 aromatic heterocycles. The van der Waals surface area contributed by atoms with Gasteiger partial charge < -0.3 is 14.8 Å². The molecule has 0 aromatic rings. The number of ether oxygens (including phenoxy) is 2. The second-order valence-electron chi connectivity index (χ2n) is 5.46. The van der Waals surface area contributed by atoms with Crippen molar-refractivity contribution in [2.75, 3.05) is 19.5 Å². The monoisotopic (exact) mass is 295 g/mol. The van der Waals surface area contributed by atoms with Crippen molar-refractivity contribution in [3.63, 3.8) is 0 Å². The normalized spacial score (nSPS) is 24.8. The first kappa shape index (κ1) is 16.2. The lowest BCUT2D eigenvalue weighted by Crippen LogP contribution is -2.52. The van der Waals surface area contributed by atoms with Crippen LogP contribution in [0.3, 0.4) is 0 Å². The molecule has 0 saturated carbocycles. The third-order valence-corrected chi connectivity index (χ3v) is 2.89. The summed E-state index contributed by atoms with van der Waals surface area (Å²) >= 11 is 0. The fraction of sp³-hybridized carbons (Fsp3) is 0.909. The third-order valence-electron chi connectivity index (χ3n) is 2.29. The highest BCUT2D eigenvalue weighted by molar-refractivity contribution is 7.86. The first-order valence-corrected chi connectivity index (χ1v) is 7.84. The third kappa shape index (κ3) is 6.74. The molecule has 112 valence electrons. The number of rotatable bonds is 3. The van der Waals surface area contributed by atoms with Crippen molar-refractivity contribution >= 4 is 16.2 Å². The average Bonchev–Trinajstić information content (AvgIpc) is 2.15. The van der Waals surface area contributed by atoms with E-state index < -0.39 is 34.0 Å². The van der Waals surface area contributed by atoms with E-state index in [0.717, 1.165) is 6.26 Å². The number of nitrogens with one attached hydrogen (secondary N) is 1. The van der Waals surface area contributed by atoms with Crippen LogP contribution >= 0.6 is 0 Å². The number of carbonyl (C=O) groups excluding carboxylic acids is 1. The van der Waals surface area contributed by atoms with E-state index in [1.165, 1.54) is 0 Å². The van der Waals surface area contributed by atoms with Crippen molar-refractivity contribution in [1.82, 2.24) is 5.32 Å². The van der Waals surface area contributed by atoms with Crippen molar-refractivity contribution in [3.05, 3.63) is 0 Å². The number of hydrogen-bond acceptors (Lipinski definition) is 6. The van der Waals surface area contributed by atoms with Crippen molar-refractivity contribution < 1.29 is 26.9 Å². The zero-order valence-corrected chi connectivity index (χ0v) is 12.5. The van der Waals surface area contributed by atoms with Gasteiger partial charge in [-0.2, -0.15) is 8.42 Å². The molecule has 0 radical (unpaired) electrons. The molecule has 7 nitrogen and oxygen atoms in total. The smallest absolute Gasteiger partial charge is 0.408 e. The van der Waals surface area contributed by atoms with Crippen LogP contribution in [0.25, 0.3) is 0 Å². The first-order valence-electron chi connectivity index (χ1n) is 6.02. The zero-order chi connectivity index (χ0) is 14.7. The maximum atomic E-state index is 11.6. The van der Waals surface area contributed by atoms with E-state index >= 15 is 0 Å². The van der Waals surface area contributed by atoms with Gasteiger partial charge >= 0.3 is 6.09 Å². The predicted molar refractivity (Wildman–Crippen MR) is 68.3 cm³/mol. The van der Waals surface area contributed by atoms with E-state index in [1.807, 2.05) is 0 Å². The molecular weight excluding hydrogens is 274 g/mol. The second-order valence-corrected chi connectivity index (χ2v) is 7.06. The van der Waals surface area contributed by atoms with E-state index in [9.17, 15) is 13.2 Å². The molecule has 1 aliphatic rings. The highest BCUT2D eigenvalue weighted by Crippen LogP contribution is 2.15. The van der Waals surface area contributed by atoms with Gasteiger partial charge in [-0.3, -0.25) is 4.18 Å². The molecule has 2 atom stereocenters. The molecule has 8 heteroatoms. The summed E-state index contributed by atoms with van der Waals surface area (Å²) in [4.78, 5) is 11.6. The Hall–Kier alpha value is -0.860. The number of amides is 1. The van der Waals surface area contributed by atoms with Crippen LogP contribution in [0.15, 0.2) is 0 Å². The summed E-state index contributed by atoms with van der Waals surface area (Å²) in [5.74, 6) is 0. The van der Waals surface area contributed by atoms with Gasteiger partial charge in [0.25, 0.3) is 10.1 Å². The topological polar surface area (TPSA) is 90.9 Å². The van der Waals surface area contributed by atoms with Crippen LogP contribution in [-0.2, 0) is 23.8 Å². The molecule has 19 heavy (non-hydrogen) atoms. The van der Waals surface area contributed by atoms with Crippen molar-refractivity contribution in [2.24, 2.45) is 0 Å². The van der Waals surface area contributed by atoms with Gasteiger partial charge in [0.05, 0.1) is 18.9 Å². The standard InChI is InChI=1S/C11H21NO6S/c1-11(2,3)17-10(13)12-8-7-16-6-5-9(8)18-19(4,14)15/h8-9H,5-7H2,1-4H3,(H,12,13)/t8?,9-/m0/s1. The van der Waals surface area contributed by atoms with Gasteiger partial charge in [-0.15, -0.1) is 0 Å². The molecular formula is C11H21NO6S. The molecule has 1 fully saturated rings. The minimum absolute atomic E-state index is 0.194. The Kier molecular flexibility index (Phi) is 5.17.